The zero-order valence-corrected chi connectivity index (χ0v) is 11.1. The van der Waals surface area contributed by atoms with E-state index in [2.05, 4.69) is 11.2 Å². The van der Waals surface area contributed by atoms with Gasteiger partial charge in [0.05, 0.1) is 4.92 Å². The van der Waals surface area contributed by atoms with Gasteiger partial charge in [0.2, 0.25) is 0 Å². The van der Waals surface area contributed by atoms with Crippen LogP contribution < -0.4 is 0 Å². The van der Waals surface area contributed by atoms with Crippen LogP contribution >= 0.6 is 0 Å². The first-order valence-electron chi connectivity index (χ1n) is 5.51. The molecule has 1 atom stereocenters. The highest BCUT2D eigenvalue weighted by atomic mass is 32.2. The molecule has 0 saturated carbocycles. The molecule has 96 valence electrons. The highest BCUT2D eigenvalue weighted by molar-refractivity contribution is 7.87. The molecule has 0 saturated heterocycles. The van der Waals surface area contributed by atoms with Crippen LogP contribution in [0, 0.1) is 21.3 Å². The molecule has 1 unspecified atom stereocenters. The minimum Gasteiger partial charge on any atom is -0.258 e. The summed E-state index contributed by atoms with van der Waals surface area (Å²) in [5, 5.41) is 13.1. The number of hydrogen-bond donors (Lipinski definition) is 0. The van der Waals surface area contributed by atoms with Crippen molar-refractivity contribution in [2.75, 3.05) is 13.1 Å². The molecule has 1 aromatic rings. The fraction of sp³-hybridized carbons (Fsp3) is 0.333. The van der Waals surface area contributed by atoms with E-state index in [9.17, 15) is 14.3 Å². The predicted molar refractivity (Wildman–Crippen MR) is 71.0 cm³/mol. The zero-order chi connectivity index (χ0) is 13.5. The van der Waals surface area contributed by atoms with Crippen molar-refractivity contribution in [3.63, 3.8) is 0 Å². The molecule has 0 amide bonds. The van der Waals surface area contributed by atoms with Crippen molar-refractivity contribution >= 4 is 16.7 Å². The van der Waals surface area contributed by atoms with E-state index < -0.39 is 15.9 Å². The largest absolute Gasteiger partial charge is 0.269 e. The standard InChI is InChI=1S/C12H14N2O3S/c1-3-13(4-2)18(17)10-9-11-5-7-12(8-6-11)14(15)16/h5-8H,3-4H2,1-2H3. The second kappa shape index (κ2) is 6.89. The third-order valence-corrected chi connectivity index (χ3v) is 3.56. The van der Waals surface area contributed by atoms with Gasteiger partial charge >= 0.3 is 0 Å². The smallest absolute Gasteiger partial charge is 0.258 e. The number of benzene rings is 1. The van der Waals surface area contributed by atoms with Crippen LogP contribution in [0.3, 0.4) is 0 Å². The molecule has 0 aromatic heterocycles. The van der Waals surface area contributed by atoms with E-state index in [1.165, 1.54) is 12.1 Å². The molecule has 0 bridgehead atoms. The Bertz CT molecular complexity index is 498. The molecule has 0 N–H and O–H groups in total. The maximum absolute atomic E-state index is 11.7. The molecule has 5 nitrogen and oxygen atoms in total. The van der Waals surface area contributed by atoms with Crippen molar-refractivity contribution < 1.29 is 9.13 Å². The van der Waals surface area contributed by atoms with Crippen molar-refractivity contribution in [1.82, 2.24) is 4.31 Å². The van der Waals surface area contributed by atoms with Crippen LogP contribution in [-0.4, -0.2) is 26.5 Å². The van der Waals surface area contributed by atoms with Gasteiger partial charge in [0.25, 0.3) is 5.69 Å². The first kappa shape index (κ1) is 14.4. The topological polar surface area (TPSA) is 63.5 Å². The Balaban J connectivity index is 2.79. The number of hydrogen-bond acceptors (Lipinski definition) is 3. The van der Waals surface area contributed by atoms with E-state index in [4.69, 9.17) is 0 Å². The third kappa shape index (κ3) is 3.95. The SMILES string of the molecule is CCN(CC)S(=O)C#Cc1ccc([N+](=O)[O-])cc1. The summed E-state index contributed by atoms with van der Waals surface area (Å²) in [4.78, 5) is 9.99. The average Bonchev–Trinajstić information content (AvgIpc) is 2.38. The number of rotatable bonds is 4. The summed E-state index contributed by atoms with van der Waals surface area (Å²) in [7, 11) is -1.33. The van der Waals surface area contributed by atoms with Gasteiger partial charge in [0, 0.05) is 36.0 Å². The second-order valence-electron chi connectivity index (χ2n) is 3.39. The molecule has 18 heavy (non-hydrogen) atoms. The molecule has 1 aromatic carbocycles. The molecular weight excluding hydrogens is 252 g/mol. The lowest BCUT2D eigenvalue weighted by Crippen LogP contribution is -2.23. The normalized spacial score (nSPS) is 11.7. The first-order chi connectivity index (χ1) is 8.58. The lowest BCUT2D eigenvalue weighted by atomic mass is 10.2. The van der Waals surface area contributed by atoms with Crippen molar-refractivity contribution in [2.45, 2.75) is 13.8 Å². The highest BCUT2D eigenvalue weighted by Crippen LogP contribution is 2.10. The molecule has 0 spiro atoms. The number of nitro benzene ring substituents is 1. The Morgan fingerprint density at radius 2 is 1.83 bits per heavy atom. The summed E-state index contributed by atoms with van der Waals surface area (Å²) in [6.45, 7) is 5.15. The molecule has 1 rings (SSSR count). The molecule has 0 heterocycles. The van der Waals surface area contributed by atoms with Gasteiger partial charge in [-0.25, -0.2) is 8.51 Å². The van der Waals surface area contributed by atoms with E-state index >= 15 is 0 Å². The minimum absolute atomic E-state index is 0.0189. The van der Waals surface area contributed by atoms with Gasteiger partial charge in [-0.05, 0) is 12.1 Å². The summed E-state index contributed by atoms with van der Waals surface area (Å²) in [6, 6.07) is 5.85. The molecule has 0 aliphatic rings. The van der Waals surface area contributed by atoms with Crippen LogP contribution in [0.25, 0.3) is 0 Å². The van der Waals surface area contributed by atoms with Gasteiger partial charge in [-0.1, -0.05) is 19.8 Å². The summed E-state index contributed by atoms with van der Waals surface area (Å²) < 4.78 is 13.4. The van der Waals surface area contributed by atoms with Gasteiger partial charge in [-0.15, -0.1) is 0 Å². The van der Waals surface area contributed by atoms with Gasteiger partial charge in [0.15, 0.2) is 11.0 Å². The molecular formula is C12H14N2O3S. The summed E-state index contributed by atoms with van der Waals surface area (Å²) in [6.07, 6.45) is 0. The molecule has 6 heteroatoms. The lowest BCUT2D eigenvalue weighted by molar-refractivity contribution is -0.384. The minimum atomic E-state index is -1.33. The molecule has 0 radical (unpaired) electrons. The van der Waals surface area contributed by atoms with Crippen LogP contribution in [0.4, 0.5) is 5.69 Å². The van der Waals surface area contributed by atoms with Gasteiger partial charge in [-0.3, -0.25) is 10.1 Å². The lowest BCUT2D eigenvalue weighted by Gasteiger charge is -2.11. The van der Waals surface area contributed by atoms with Crippen LogP contribution in [-0.2, 0) is 11.0 Å². The van der Waals surface area contributed by atoms with E-state index in [0.29, 0.717) is 18.7 Å². The Hall–Kier alpha value is -1.71. The Labute approximate surface area is 109 Å². The fourth-order valence-corrected chi connectivity index (χ4v) is 2.10. The van der Waals surface area contributed by atoms with Crippen molar-refractivity contribution in [3.05, 3.63) is 39.9 Å². The van der Waals surface area contributed by atoms with Crippen LogP contribution in [0.5, 0.6) is 0 Å². The van der Waals surface area contributed by atoms with Gasteiger partial charge in [-0.2, -0.15) is 0 Å². The number of nitro groups is 1. The summed E-state index contributed by atoms with van der Waals surface area (Å²) in [5.41, 5.74) is 0.631. The van der Waals surface area contributed by atoms with Crippen LogP contribution in [0.2, 0.25) is 0 Å². The number of non-ortho nitro benzene ring substituents is 1. The van der Waals surface area contributed by atoms with Crippen molar-refractivity contribution in [1.29, 1.82) is 0 Å². The van der Waals surface area contributed by atoms with Crippen LogP contribution in [0.15, 0.2) is 24.3 Å². The van der Waals surface area contributed by atoms with E-state index in [1.807, 2.05) is 13.8 Å². The highest BCUT2D eigenvalue weighted by Gasteiger charge is 2.05. The third-order valence-electron chi connectivity index (χ3n) is 2.30. The second-order valence-corrected chi connectivity index (χ2v) is 4.61. The fourth-order valence-electron chi connectivity index (χ4n) is 1.29. The Morgan fingerprint density at radius 1 is 1.28 bits per heavy atom. The van der Waals surface area contributed by atoms with E-state index in [-0.39, 0.29) is 5.69 Å². The maximum Gasteiger partial charge on any atom is 0.269 e. The van der Waals surface area contributed by atoms with E-state index in [1.54, 1.807) is 16.4 Å². The predicted octanol–water partition coefficient (Wildman–Crippen LogP) is 1.91. The molecule has 0 aliphatic carbocycles. The molecule has 0 aliphatic heterocycles. The maximum atomic E-state index is 11.7. The zero-order valence-electron chi connectivity index (χ0n) is 10.3. The monoisotopic (exact) mass is 266 g/mol. The first-order valence-corrected chi connectivity index (χ1v) is 6.62. The summed E-state index contributed by atoms with van der Waals surface area (Å²) >= 11 is 0. The van der Waals surface area contributed by atoms with Crippen LogP contribution in [0.1, 0.15) is 19.4 Å². The van der Waals surface area contributed by atoms with Crippen molar-refractivity contribution in [3.8, 4) is 11.2 Å². The van der Waals surface area contributed by atoms with Gasteiger partial charge < -0.3 is 0 Å². The Morgan fingerprint density at radius 3 is 2.28 bits per heavy atom. The Kier molecular flexibility index (Phi) is 5.49. The van der Waals surface area contributed by atoms with Gasteiger partial charge in [0.1, 0.15) is 0 Å². The molecule has 0 fully saturated rings. The van der Waals surface area contributed by atoms with E-state index in [0.717, 1.165) is 0 Å². The average molecular weight is 266 g/mol. The van der Waals surface area contributed by atoms with Crippen molar-refractivity contribution in [2.24, 2.45) is 0 Å². The number of nitrogens with zero attached hydrogens (tertiary/aromatic N) is 2. The summed E-state index contributed by atoms with van der Waals surface area (Å²) in [5.74, 6) is 2.75. The quantitative estimate of drug-likeness (QED) is 0.475.